The molecular formula is C10H5BrF3NO2. The number of hydrogen-bond acceptors (Lipinski definition) is 2. The number of aromatic nitrogens is 1. The van der Waals surface area contributed by atoms with E-state index >= 15 is 0 Å². The van der Waals surface area contributed by atoms with Crippen molar-refractivity contribution < 1.29 is 17.9 Å². The highest BCUT2D eigenvalue weighted by atomic mass is 79.9. The monoisotopic (exact) mass is 307 g/mol. The molecule has 0 unspecified atom stereocenters. The van der Waals surface area contributed by atoms with Gasteiger partial charge in [-0.15, -0.1) is 13.2 Å². The van der Waals surface area contributed by atoms with Gasteiger partial charge in [0, 0.05) is 6.20 Å². The Labute approximate surface area is 101 Å². The second-order valence-electron chi connectivity index (χ2n) is 3.22. The summed E-state index contributed by atoms with van der Waals surface area (Å²) in [6, 6.07) is 4.02. The molecule has 0 fully saturated rings. The fourth-order valence-corrected chi connectivity index (χ4v) is 1.83. The lowest BCUT2D eigenvalue weighted by atomic mass is 10.2. The maximum atomic E-state index is 12.1. The third-order valence-corrected chi connectivity index (χ3v) is 2.67. The van der Waals surface area contributed by atoms with Crippen LogP contribution in [-0.2, 0) is 0 Å². The van der Waals surface area contributed by atoms with Crippen molar-refractivity contribution in [1.29, 1.82) is 0 Å². The number of aromatic amines is 1. The lowest BCUT2D eigenvalue weighted by molar-refractivity contribution is -0.274. The molecule has 7 heteroatoms. The standard InChI is InChI=1S/C10H5BrF3NO2/c11-7-3-5-1-2-15-9(16)6(5)4-8(7)17-10(12,13)14/h1-4H,(H,15,16). The number of hydrogen-bond donors (Lipinski definition) is 1. The molecule has 0 atom stereocenters. The lowest BCUT2D eigenvalue weighted by Gasteiger charge is -2.11. The lowest BCUT2D eigenvalue weighted by Crippen LogP contribution is -2.17. The van der Waals surface area contributed by atoms with E-state index in [-0.39, 0.29) is 9.86 Å². The van der Waals surface area contributed by atoms with Crippen molar-refractivity contribution in [3.8, 4) is 5.75 Å². The summed E-state index contributed by atoms with van der Waals surface area (Å²) in [6.07, 6.45) is -3.38. The highest BCUT2D eigenvalue weighted by molar-refractivity contribution is 9.10. The average Bonchev–Trinajstić information content (AvgIpc) is 2.18. The molecule has 2 aromatic rings. The van der Waals surface area contributed by atoms with Gasteiger partial charge < -0.3 is 9.72 Å². The molecule has 0 bridgehead atoms. The molecule has 0 saturated heterocycles. The van der Waals surface area contributed by atoms with E-state index in [4.69, 9.17) is 0 Å². The quantitative estimate of drug-likeness (QED) is 0.879. The van der Waals surface area contributed by atoms with Crippen molar-refractivity contribution in [3.63, 3.8) is 0 Å². The minimum atomic E-state index is -4.79. The van der Waals surface area contributed by atoms with Crippen molar-refractivity contribution in [2.24, 2.45) is 0 Å². The molecule has 0 aliphatic rings. The van der Waals surface area contributed by atoms with Gasteiger partial charge in [-0.05, 0) is 39.5 Å². The van der Waals surface area contributed by atoms with Crippen LogP contribution in [0.15, 0.2) is 33.7 Å². The van der Waals surface area contributed by atoms with Crippen LogP contribution in [-0.4, -0.2) is 11.3 Å². The molecule has 0 radical (unpaired) electrons. The first-order chi connectivity index (χ1) is 7.87. The summed E-state index contributed by atoms with van der Waals surface area (Å²) in [7, 11) is 0. The Morgan fingerprint density at radius 2 is 2.00 bits per heavy atom. The van der Waals surface area contributed by atoms with Crippen LogP contribution in [0.4, 0.5) is 13.2 Å². The molecule has 3 nitrogen and oxygen atoms in total. The molecule has 1 N–H and O–H groups in total. The fraction of sp³-hybridized carbons (Fsp3) is 0.100. The van der Waals surface area contributed by atoms with Gasteiger partial charge in [0.2, 0.25) is 0 Å². The molecule has 0 spiro atoms. The Hall–Kier alpha value is -1.50. The molecule has 1 aromatic heterocycles. The zero-order chi connectivity index (χ0) is 12.6. The van der Waals surface area contributed by atoms with Crippen LogP contribution in [0.5, 0.6) is 5.75 Å². The normalized spacial score (nSPS) is 11.8. The number of ether oxygens (including phenoxy) is 1. The predicted molar refractivity (Wildman–Crippen MR) is 59.0 cm³/mol. The van der Waals surface area contributed by atoms with Crippen molar-refractivity contribution in [1.82, 2.24) is 4.98 Å². The topological polar surface area (TPSA) is 42.1 Å². The largest absolute Gasteiger partial charge is 0.573 e. The molecule has 17 heavy (non-hydrogen) atoms. The minimum absolute atomic E-state index is 0.132. The summed E-state index contributed by atoms with van der Waals surface area (Å²) in [5.74, 6) is -0.443. The first kappa shape index (κ1) is 12.0. The molecule has 0 amide bonds. The van der Waals surface area contributed by atoms with Crippen LogP contribution >= 0.6 is 15.9 Å². The van der Waals surface area contributed by atoms with E-state index in [1.807, 2.05) is 0 Å². The van der Waals surface area contributed by atoms with E-state index in [0.29, 0.717) is 5.39 Å². The number of H-pyrrole nitrogens is 1. The van der Waals surface area contributed by atoms with E-state index < -0.39 is 17.7 Å². The predicted octanol–water partition coefficient (Wildman–Crippen LogP) is 3.19. The first-order valence-electron chi connectivity index (χ1n) is 4.43. The zero-order valence-corrected chi connectivity index (χ0v) is 9.72. The van der Waals surface area contributed by atoms with Gasteiger partial charge in [-0.1, -0.05) is 0 Å². The van der Waals surface area contributed by atoms with E-state index in [2.05, 4.69) is 25.7 Å². The summed E-state index contributed by atoms with van der Waals surface area (Å²) in [5.41, 5.74) is -0.470. The number of fused-ring (bicyclic) bond motifs is 1. The van der Waals surface area contributed by atoms with Crippen LogP contribution in [0, 0.1) is 0 Å². The molecule has 90 valence electrons. The van der Waals surface area contributed by atoms with E-state index in [0.717, 1.165) is 6.07 Å². The van der Waals surface area contributed by atoms with Crippen molar-refractivity contribution >= 4 is 26.7 Å². The Balaban J connectivity index is 2.62. The van der Waals surface area contributed by atoms with E-state index in [1.165, 1.54) is 12.3 Å². The Bertz CT molecular complexity index is 621. The number of rotatable bonds is 1. The summed E-state index contributed by atoms with van der Waals surface area (Å²) < 4.78 is 40.2. The second-order valence-corrected chi connectivity index (χ2v) is 4.08. The van der Waals surface area contributed by atoms with Crippen LogP contribution in [0.3, 0.4) is 0 Å². The van der Waals surface area contributed by atoms with Crippen molar-refractivity contribution in [2.75, 3.05) is 0 Å². The minimum Gasteiger partial charge on any atom is -0.405 e. The third kappa shape index (κ3) is 2.60. The molecule has 1 aromatic carbocycles. The fourth-order valence-electron chi connectivity index (χ4n) is 1.39. The van der Waals surface area contributed by atoms with E-state index in [9.17, 15) is 18.0 Å². The van der Waals surface area contributed by atoms with Gasteiger partial charge in [-0.25, -0.2) is 0 Å². The van der Waals surface area contributed by atoms with Gasteiger partial charge >= 0.3 is 6.36 Å². The van der Waals surface area contributed by atoms with Gasteiger partial charge in [0.15, 0.2) is 0 Å². The van der Waals surface area contributed by atoms with Gasteiger partial charge in [0.05, 0.1) is 9.86 Å². The van der Waals surface area contributed by atoms with Gasteiger partial charge in [0.25, 0.3) is 5.56 Å². The Morgan fingerprint density at radius 1 is 1.29 bits per heavy atom. The van der Waals surface area contributed by atoms with Crippen LogP contribution in [0.25, 0.3) is 10.8 Å². The van der Waals surface area contributed by atoms with Gasteiger partial charge in [-0.2, -0.15) is 0 Å². The Morgan fingerprint density at radius 3 is 2.65 bits per heavy atom. The van der Waals surface area contributed by atoms with Crippen molar-refractivity contribution in [2.45, 2.75) is 6.36 Å². The summed E-state index contributed by atoms with van der Waals surface area (Å²) in [5, 5.41) is 0.657. The maximum Gasteiger partial charge on any atom is 0.573 e. The highest BCUT2D eigenvalue weighted by Crippen LogP contribution is 2.32. The number of nitrogens with one attached hydrogen (secondary N) is 1. The van der Waals surface area contributed by atoms with Crippen LogP contribution < -0.4 is 10.3 Å². The molecule has 0 aliphatic heterocycles. The zero-order valence-electron chi connectivity index (χ0n) is 8.14. The van der Waals surface area contributed by atoms with E-state index in [1.54, 1.807) is 6.07 Å². The number of pyridine rings is 1. The smallest absolute Gasteiger partial charge is 0.405 e. The van der Waals surface area contributed by atoms with Crippen LogP contribution in [0.1, 0.15) is 0 Å². The van der Waals surface area contributed by atoms with Gasteiger partial charge in [0.1, 0.15) is 5.75 Å². The average molecular weight is 308 g/mol. The molecular weight excluding hydrogens is 303 g/mol. The van der Waals surface area contributed by atoms with Gasteiger partial charge in [-0.3, -0.25) is 4.79 Å². The summed E-state index contributed by atoms with van der Waals surface area (Å²) >= 11 is 2.96. The highest BCUT2D eigenvalue weighted by Gasteiger charge is 2.32. The number of benzene rings is 1. The molecule has 1 heterocycles. The Kier molecular flexibility index (Phi) is 2.86. The second kappa shape index (κ2) is 4.06. The molecule has 2 rings (SSSR count). The molecule has 0 aliphatic carbocycles. The molecule has 0 saturated carbocycles. The summed E-state index contributed by atoms with van der Waals surface area (Å²) in [6.45, 7) is 0. The van der Waals surface area contributed by atoms with Crippen LogP contribution in [0.2, 0.25) is 0 Å². The SMILES string of the molecule is O=c1[nH]ccc2cc(Br)c(OC(F)(F)F)cc12. The van der Waals surface area contributed by atoms with Crippen molar-refractivity contribution in [3.05, 3.63) is 39.2 Å². The maximum absolute atomic E-state index is 12.1. The number of alkyl halides is 3. The first-order valence-corrected chi connectivity index (χ1v) is 5.23. The summed E-state index contributed by atoms with van der Waals surface area (Å²) in [4.78, 5) is 13.8. The number of halogens is 4. The third-order valence-electron chi connectivity index (χ3n) is 2.05.